The summed E-state index contributed by atoms with van der Waals surface area (Å²) < 4.78 is 0. The lowest BCUT2D eigenvalue weighted by atomic mass is 9.46. The van der Waals surface area contributed by atoms with Crippen LogP contribution in [0.1, 0.15) is 45.4 Å². The van der Waals surface area contributed by atoms with Crippen LogP contribution >= 0.6 is 0 Å². The lowest BCUT2D eigenvalue weighted by Gasteiger charge is -2.64. The normalized spacial score (nSPS) is 62.4. The van der Waals surface area contributed by atoms with Crippen molar-refractivity contribution in [2.45, 2.75) is 62.3 Å². The summed E-state index contributed by atoms with van der Waals surface area (Å²) in [5.41, 5.74) is -2.40. The van der Waals surface area contributed by atoms with Crippen LogP contribution < -0.4 is 0 Å². The molecule has 86 valence electrons. The van der Waals surface area contributed by atoms with Gasteiger partial charge in [-0.2, -0.15) is 0 Å². The van der Waals surface area contributed by atoms with Crippen LogP contribution in [0.3, 0.4) is 0 Å². The van der Waals surface area contributed by atoms with Crippen molar-refractivity contribution in [3.05, 3.63) is 0 Å². The Morgan fingerprint density at radius 3 is 1.93 bits per heavy atom. The third kappa shape index (κ3) is 1.23. The van der Waals surface area contributed by atoms with E-state index in [0.717, 1.165) is 19.3 Å². The zero-order valence-electron chi connectivity index (χ0n) is 9.24. The van der Waals surface area contributed by atoms with Gasteiger partial charge < -0.3 is 15.3 Å². The van der Waals surface area contributed by atoms with E-state index >= 15 is 0 Å². The molecule has 0 spiro atoms. The molecule has 3 N–H and O–H groups in total. The summed E-state index contributed by atoms with van der Waals surface area (Å²) in [5, 5.41) is 31.2. The Kier molecular flexibility index (Phi) is 1.73. The molecule has 15 heavy (non-hydrogen) atoms. The molecule has 0 aliphatic heterocycles. The number of rotatable bonds is 1. The molecule has 4 bridgehead atoms. The minimum absolute atomic E-state index is 0.276. The van der Waals surface area contributed by atoms with Gasteiger partial charge >= 0.3 is 0 Å². The lowest BCUT2D eigenvalue weighted by molar-refractivity contribution is -0.279. The Balaban J connectivity index is 2.02. The molecule has 4 saturated carbocycles. The molecule has 4 aliphatic carbocycles. The molecule has 0 aromatic rings. The van der Waals surface area contributed by atoms with Crippen LogP contribution in [0, 0.1) is 11.8 Å². The molecule has 0 amide bonds. The van der Waals surface area contributed by atoms with Crippen LogP contribution in [0.25, 0.3) is 0 Å². The van der Waals surface area contributed by atoms with E-state index in [0.29, 0.717) is 25.2 Å². The highest BCUT2D eigenvalue weighted by atomic mass is 16.3. The minimum Gasteiger partial charge on any atom is -0.390 e. The van der Waals surface area contributed by atoms with Crippen LogP contribution in [-0.4, -0.2) is 32.1 Å². The summed E-state index contributed by atoms with van der Waals surface area (Å²) in [6.07, 6.45) is 3.91. The summed E-state index contributed by atoms with van der Waals surface area (Å²) >= 11 is 0. The zero-order chi connectivity index (χ0) is 10.9. The van der Waals surface area contributed by atoms with Crippen LogP contribution in [0.4, 0.5) is 0 Å². The Hall–Kier alpha value is -0.120. The molecule has 3 unspecified atom stereocenters. The molecule has 0 aromatic heterocycles. The standard InChI is InChI=1S/C12H20O3/c1-2-9-8-3-10(13)5-11(14,4-8)7-12(9,15)6-10/h8-9,13-15H,2-7H2,1H3. The van der Waals surface area contributed by atoms with E-state index in [1.54, 1.807) is 0 Å². The monoisotopic (exact) mass is 212 g/mol. The van der Waals surface area contributed by atoms with Gasteiger partial charge in [-0.15, -0.1) is 0 Å². The van der Waals surface area contributed by atoms with Gasteiger partial charge in [-0.05, 0) is 24.7 Å². The molecule has 0 heterocycles. The molecule has 0 radical (unpaired) electrons. The van der Waals surface area contributed by atoms with Gasteiger partial charge in [0.05, 0.1) is 16.8 Å². The topological polar surface area (TPSA) is 60.7 Å². The Labute approximate surface area is 90.1 Å². The Bertz CT molecular complexity index is 283. The highest BCUT2D eigenvalue weighted by Gasteiger charge is 2.65. The molecular formula is C12H20O3. The third-order valence-electron chi connectivity index (χ3n) is 4.91. The molecule has 4 fully saturated rings. The second kappa shape index (κ2) is 2.58. The molecule has 3 atom stereocenters. The van der Waals surface area contributed by atoms with E-state index in [1.165, 1.54) is 0 Å². The van der Waals surface area contributed by atoms with Crippen LogP contribution in [0.5, 0.6) is 0 Å². The maximum absolute atomic E-state index is 10.6. The number of hydrogen-bond acceptors (Lipinski definition) is 3. The summed E-state index contributed by atoms with van der Waals surface area (Å²) in [6, 6.07) is 0. The lowest BCUT2D eigenvalue weighted by Crippen LogP contribution is -2.69. The van der Waals surface area contributed by atoms with E-state index in [4.69, 9.17) is 0 Å². The number of hydrogen-bond donors (Lipinski definition) is 3. The van der Waals surface area contributed by atoms with E-state index < -0.39 is 16.8 Å². The largest absolute Gasteiger partial charge is 0.390 e. The molecular weight excluding hydrogens is 192 g/mol. The summed E-state index contributed by atoms with van der Waals surface area (Å²) in [6.45, 7) is 2.10. The second-order valence-corrected chi connectivity index (χ2v) is 6.27. The van der Waals surface area contributed by atoms with Gasteiger partial charge in [0, 0.05) is 19.3 Å². The first-order valence-electron chi connectivity index (χ1n) is 6.05. The van der Waals surface area contributed by atoms with Gasteiger partial charge in [-0.25, -0.2) is 0 Å². The van der Waals surface area contributed by atoms with E-state index in [9.17, 15) is 15.3 Å². The third-order valence-corrected chi connectivity index (χ3v) is 4.91. The quantitative estimate of drug-likeness (QED) is 0.603. The van der Waals surface area contributed by atoms with Gasteiger partial charge in [-0.1, -0.05) is 13.3 Å². The van der Waals surface area contributed by atoms with Gasteiger partial charge in [0.25, 0.3) is 0 Å². The molecule has 3 nitrogen and oxygen atoms in total. The van der Waals surface area contributed by atoms with Crippen LogP contribution in [-0.2, 0) is 0 Å². The van der Waals surface area contributed by atoms with Crippen molar-refractivity contribution < 1.29 is 15.3 Å². The van der Waals surface area contributed by atoms with E-state index in [2.05, 4.69) is 6.92 Å². The molecule has 3 heteroatoms. The average molecular weight is 212 g/mol. The van der Waals surface area contributed by atoms with E-state index in [1.807, 2.05) is 0 Å². The second-order valence-electron chi connectivity index (χ2n) is 6.27. The van der Waals surface area contributed by atoms with Crippen molar-refractivity contribution in [1.82, 2.24) is 0 Å². The molecule has 0 aromatic carbocycles. The Morgan fingerprint density at radius 1 is 1.00 bits per heavy atom. The van der Waals surface area contributed by atoms with Crippen molar-refractivity contribution in [3.63, 3.8) is 0 Å². The van der Waals surface area contributed by atoms with Crippen molar-refractivity contribution in [2.24, 2.45) is 11.8 Å². The summed E-state index contributed by atoms with van der Waals surface area (Å²) in [5.74, 6) is 0.588. The maximum atomic E-state index is 10.6. The van der Waals surface area contributed by atoms with Gasteiger partial charge in [0.2, 0.25) is 0 Å². The fourth-order valence-electron chi connectivity index (χ4n) is 4.98. The van der Waals surface area contributed by atoms with Crippen molar-refractivity contribution in [3.8, 4) is 0 Å². The summed E-state index contributed by atoms with van der Waals surface area (Å²) in [4.78, 5) is 0. The first-order valence-corrected chi connectivity index (χ1v) is 6.05. The fraction of sp³-hybridized carbons (Fsp3) is 1.00. The predicted octanol–water partition coefficient (Wildman–Crippen LogP) is 0.813. The molecule has 4 rings (SSSR count). The van der Waals surface area contributed by atoms with Crippen molar-refractivity contribution >= 4 is 0 Å². The smallest absolute Gasteiger partial charge is 0.0733 e. The molecule has 0 saturated heterocycles. The first-order chi connectivity index (χ1) is 6.88. The van der Waals surface area contributed by atoms with Gasteiger partial charge in [0.15, 0.2) is 0 Å². The average Bonchev–Trinajstić information content (AvgIpc) is 1.95. The zero-order valence-corrected chi connectivity index (χ0v) is 9.24. The highest BCUT2D eigenvalue weighted by Crippen LogP contribution is 2.62. The van der Waals surface area contributed by atoms with Crippen molar-refractivity contribution in [2.75, 3.05) is 0 Å². The highest BCUT2D eigenvalue weighted by molar-refractivity contribution is 5.17. The Morgan fingerprint density at radius 2 is 1.53 bits per heavy atom. The van der Waals surface area contributed by atoms with Crippen LogP contribution in [0.2, 0.25) is 0 Å². The van der Waals surface area contributed by atoms with E-state index in [-0.39, 0.29) is 5.92 Å². The fourth-order valence-corrected chi connectivity index (χ4v) is 4.98. The maximum Gasteiger partial charge on any atom is 0.0733 e. The molecule has 4 aliphatic rings. The minimum atomic E-state index is -0.808. The van der Waals surface area contributed by atoms with Gasteiger partial charge in [-0.3, -0.25) is 0 Å². The van der Waals surface area contributed by atoms with Crippen molar-refractivity contribution in [1.29, 1.82) is 0 Å². The van der Waals surface area contributed by atoms with Gasteiger partial charge in [0.1, 0.15) is 0 Å². The SMILES string of the molecule is CCC1C2CC3(O)CC(O)(C2)CC1(O)C3. The number of aliphatic hydroxyl groups is 3. The summed E-state index contributed by atoms with van der Waals surface area (Å²) in [7, 11) is 0. The first kappa shape index (κ1) is 10.1. The van der Waals surface area contributed by atoms with Crippen LogP contribution in [0.15, 0.2) is 0 Å². The predicted molar refractivity (Wildman–Crippen MR) is 55.2 cm³/mol.